The third kappa shape index (κ3) is 2.79. The maximum Gasteiger partial charge on any atom is 0.167 e. The molecule has 3 unspecified atom stereocenters. The van der Waals surface area contributed by atoms with E-state index in [1.807, 2.05) is 6.92 Å². The van der Waals surface area contributed by atoms with Gasteiger partial charge in [-0.1, -0.05) is 6.92 Å². The van der Waals surface area contributed by atoms with Crippen molar-refractivity contribution in [1.29, 1.82) is 0 Å². The predicted molar refractivity (Wildman–Crippen MR) is 61.4 cm³/mol. The molecule has 0 aromatic heterocycles. The van der Waals surface area contributed by atoms with Gasteiger partial charge in [0.2, 0.25) is 0 Å². The molecule has 0 spiro atoms. The van der Waals surface area contributed by atoms with Crippen LogP contribution in [0.2, 0.25) is 0 Å². The molecule has 1 aliphatic carbocycles. The largest absolute Gasteiger partial charge is 0.484 e. The van der Waals surface area contributed by atoms with Gasteiger partial charge in [-0.2, -0.15) is 0 Å². The molecule has 0 saturated heterocycles. The molecule has 0 bridgehead atoms. The Labute approximate surface area is 104 Å². The van der Waals surface area contributed by atoms with Gasteiger partial charge in [-0.05, 0) is 18.6 Å². The third-order valence-corrected chi connectivity index (χ3v) is 2.91. The van der Waals surface area contributed by atoms with Gasteiger partial charge in [-0.3, -0.25) is 0 Å². The molecule has 18 heavy (non-hydrogen) atoms. The first-order valence-electron chi connectivity index (χ1n) is 6.03. The van der Waals surface area contributed by atoms with Crippen molar-refractivity contribution in [3.05, 3.63) is 29.8 Å². The summed E-state index contributed by atoms with van der Waals surface area (Å²) >= 11 is 0. The van der Waals surface area contributed by atoms with E-state index in [1.54, 1.807) is 0 Å². The van der Waals surface area contributed by atoms with E-state index >= 15 is 0 Å². The number of hydrogen-bond acceptors (Lipinski definition) is 3. The van der Waals surface area contributed by atoms with Crippen molar-refractivity contribution in [2.75, 3.05) is 6.61 Å². The molecule has 3 atom stereocenters. The molecule has 2 rings (SSSR count). The summed E-state index contributed by atoms with van der Waals surface area (Å²) in [5, 5.41) is 9.54. The highest BCUT2D eigenvalue weighted by molar-refractivity contribution is 5.25. The maximum absolute atomic E-state index is 13.4. The summed E-state index contributed by atoms with van der Waals surface area (Å²) in [6.07, 6.45) is -0.169. The number of aliphatic hydroxyl groups excluding tert-OH is 1. The van der Waals surface area contributed by atoms with Gasteiger partial charge >= 0.3 is 0 Å². The van der Waals surface area contributed by atoms with Crippen molar-refractivity contribution in [3.8, 4) is 5.75 Å². The van der Waals surface area contributed by atoms with Crippen molar-refractivity contribution in [2.45, 2.75) is 38.1 Å². The lowest BCUT2D eigenvalue weighted by Gasteiger charge is -2.40. The van der Waals surface area contributed by atoms with E-state index in [0.717, 1.165) is 18.6 Å². The number of ether oxygens (including phenoxy) is 2. The first-order valence-corrected chi connectivity index (χ1v) is 6.03. The van der Waals surface area contributed by atoms with Gasteiger partial charge in [0.05, 0.1) is 6.10 Å². The normalized spacial score (nSPS) is 26.8. The van der Waals surface area contributed by atoms with Crippen molar-refractivity contribution in [1.82, 2.24) is 0 Å². The zero-order chi connectivity index (χ0) is 13.1. The summed E-state index contributed by atoms with van der Waals surface area (Å²) in [6, 6.07) is 3.15. The fraction of sp³-hybridized carbons (Fsp3) is 0.538. The fourth-order valence-corrected chi connectivity index (χ4v) is 1.88. The minimum absolute atomic E-state index is 0.0154. The predicted octanol–water partition coefficient (Wildman–Crippen LogP) is 2.27. The topological polar surface area (TPSA) is 38.7 Å². The van der Waals surface area contributed by atoms with Crippen molar-refractivity contribution in [2.24, 2.45) is 0 Å². The third-order valence-electron chi connectivity index (χ3n) is 2.91. The molecule has 0 amide bonds. The molecule has 0 radical (unpaired) electrons. The molecule has 100 valence electrons. The van der Waals surface area contributed by atoms with Crippen molar-refractivity contribution >= 4 is 0 Å². The summed E-state index contributed by atoms with van der Waals surface area (Å²) in [7, 11) is 0. The zero-order valence-corrected chi connectivity index (χ0v) is 10.1. The Morgan fingerprint density at radius 3 is 2.78 bits per heavy atom. The van der Waals surface area contributed by atoms with E-state index in [0.29, 0.717) is 13.0 Å². The maximum atomic E-state index is 13.4. The van der Waals surface area contributed by atoms with Gasteiger partial charge in [-0.15, -0.1) is 0 Å². The van der Waals surface area contributed by atoms with Crippen LogP contribution in [-0.2, 0) is 4.74 Å². The fourth-order valence-electron chi connectivity index (χ4n) is 1.88. The summed E-state index contributed by atoms with van der Waals surface area (Å²) in [5.74, 6) is -1.41. The van der Waals surface area contributed by atoms with Crippen LogP contribution in [0.15, 0.2) is 18.2 Å². The second-order valence-corrected chi connectivity index (χ2v) is 4.37. The minimum Gasteiger partial charge on any atom is -0.484 e. The van der Waals surface area contributed by atoms with Crippen LogP contribution in [0.5, 0.6) is 5.75 Å². The number of hydrogen-bond donors (Lipinski definition) is 1. The van der Waals surface area contributed by atoms with Gasteiger partial charge in [0.25, 0.3) is 0 Å². The number of halogens is 2. The van der Waals surface area contributed by atoms with Crippen LogP contribution in [-0.4, -0.2) is 30.0 Å². The van der Waals surface area contributed by atoms with Crippen LogP contribution >= 0.6 is 0 Å². The molecule has 1 aromatic rings. The van der Waals surface area contributed by atoms with Gasteiger partial charge in [0.15, 0.2) is 11.6 Å². The van der Waals surface area contributed by atoms with Crippen LogP contribution in [0.25, 0.3) is 0 Å². The lowest BCUT2D eigenvalue weighted by molar-refractivity contribution is -0.163. The molecule has 5 heteroatoms. The molecular formula is C13H16F2O3. The molecule has 1 aliphatic rings. The molecule has 1 aromatic carbocycles. The second kappa shape index (κ2) is 5.63. The highest BCUT2D eigenvalue weighted by Gasteiger charge is 2.43. The van der Waals surface area contributed by atoms with Crippen LogP contribution in [0.4, 0.5) is 8.78 Å². The number of aliphatic hydroxyl groups is 1. The smallest absolute Gasteiger partial charge is 0.167 e. The number of benzene rings is 1. The standard InChI is InChI=1S/C13H16F2O3/c1-2-5-17-13-10(16)7-12(13)18-11-4-3-8(14)6-9(11)15/h3-4,6,10,12-13,16H,2,5,7H2,1H3. The SMILES string of the molecule is CCCOC1C(O)CC1Oc1ccc(F)cc1F. The summed E-state index contributed by atoms with van der Waals surface area (Å²) in [4.78, 5) is 0. The van der Waals surface area contributed by atoms with Crippen molar-refractivity contribution < 1.29 is 23.4 Å². The Morgan fingerprint density at radius 1 is 1.39 bits per heavy atom. The van der Waals surface area contributed by atoms with Crippen molar-refractivity contribution in [3.63, 3.8) is 0 Å². The van der Waals surface area contributed by atoms with Crippen LogP contribution in [0, 0.1) is 11.6 Å². The summed E-state index contributed by atoms with van der Waals surface area (Å²) < 4.78 is 36.9. The van der Waals surface area contributed by atoms with Crippen LogP contribution in [0.3, 0.4) is 0 Å². The first-order chi connectivity index (χ1) is 8.61. The quantitative estimate of drug-likeness (QED) is 0.880. The lowest BCUT2D eigenvalue weighted by atomic mass is 9.88. The van der Waals surface area contributed by atoms with Gasteiger partial charge in [-0.25, -0.2) is 8.78 Å². The van der Waals surface area contributed by atoms with Gasteiger partial charge in [0.1, 0.15) is 18.0 Å². The van der Waals surface area contributed by atoms with Crippen LogP contribution < -0.4 is 4.74 Å². The van der Waals surface area contributed by atoms with E-state index in [1.165, 1.54) is 6.07 Å². The minimum atomic E-state index is -0.745. The van der Waals surface area contributed by atoms with Gasteiger partial charge in [0, 0.05) is 19.1 Å². The summed E-state index contributed by atoms with van der Waals surface area (Å²) in [6.45, 7) is 2.48. The summed E-state index contributed by atoms with van der Waals surface area (Å²) in [5.41, 5.74) is 0. The Hall–Kier alpha value is -1.20. The molecular weight excluding hydrogens is 242 g/mol. The Balaban J connectivity index is 1.96. The van der Waals surface area contributed by atoms with Gasteiger partial charge < -0.3 is 14.6 Å². The molecule has 1 fully saturated rings. The molecule has 0 heterocycles. The average Bonchev–Trinajstić information content (AvgIpc) is 2.32. The Morgan fingerprint density at radius 2 is 2.17 bits per heavy atom. The van der Waals surface area contributed by atoms with E-state index in [9.17, 15) is 13.9 Å². The molecule has 3 nitrogen and oxygen atoms in total. The Kier molecular flexibility index (Phi) is 4.14. The van der Waals surface area contributed by atoms with E-state index in [2.05, 4.69) is 0 Å². The highest BCUT2D eigenvalue weighted by atomic mass is 19.1. The molecule has 1 N–H and O–H groups in total. The van der Waals surface area contributed by atoms with E-state index < -0.39 is 23.8 Å². The average molecular weight is 258 g/mol. The Bertz CT molecular complexity index is 411. The van der Waals surface area contributed by atoms with E-state index in [4.69, 9.17) is 9.47 Å². The molecule has 0 aliphatic heterocycles. The lowest BCUT2D eigenvalue weighted by Crippen LogP contribution is -2.55. The van der Waals surface area contributed by atoms with Crippen LogP contribution in [0.1, 0.15) is 19.8 Å². The second-order valence-electron chi connectivity index (χ2n) is 4.37. The number of rotatable bonds is 5. The highest BCUT2D eigenvalue weighted by Crippen LogP contribution is 2.30. The van der Waals surface area contributed by atoms with E-state index in [-0.39, 0.29) is 11.9 Å². The first kappa shape index (κ1) is 13.2. The monoisotopic (exact) mass is 258 g/mol. The zero-order valence-electron chi connectivity index (χ0n) is 10.1. The molecule has 1 saturated carbocycles.